The van der Waals surface area contributed by atoms with Gasteiger partial charge in [0, 0.05) is 16.2 Å². The first-order chi connectivity index (χ1) is 10.2. The number of benzene rings is 2. The summed E-state index contributed by atoms with van der Waals surface area (Å²) in [6.45, 7) is 4.49. The molecule has 0 fully saturated rings. The smallest absolute Gasteiger partial charge is 0.0447 e. The fraction of sp³-hybridized carbons (Fsp3) is 0.368. The molecule has 1 aliphatic carbocycles. The molecule has 2 unspecified atom stereocenters. The predicted octanol–water partition coefficient (Wildman–Crippen LogP) is 4.79. The molecular formula is C19H23NS. The maximum Gasteiger partial charge on any atom is 0.0447 e. The Morgan fingerprint density at radius 2 is 1.76 bits per heavy atom. The second kappa shape index (κ2) is 6.25. The highest BCUT2D eigenvalue weighted by atomic mass is 32.2. The predicted molar refractivity (Wildman–Crippen MR) is 92.1 cm³/mol. The maximum absolute atomic E-state index is 3.50. The summed E-state index contributed by atoms with van der Waals surface area (Å²) in [5.74, 6) is 0.602. The molecule has 0 heterocycles. The van der Waals surface area contributed by atoms with Crippen LogP contribution in [-0.2, 0) is 6.42 Å². The van der Waals surface area contributed by atoms with Gasteiger partial charge in [-0.15, -0.1) is 11.8 Å². The van der Waals surface area contributed by atoms with Gasteiger partial charge in [-0.25, -0.2) is 0 Å². The SMILES string of the molecule is CNC1c2ccccc2CC1Sc1ccc(C(C)C)cc1. The summed E-state index contributed by atoms with van der Waals surface area (Å²) < 4.78 is 0. The second-order valence-corrected chi connectivity index (χ2v) is 7.36. The molecule has 2 aromatic rings. The van der Waals surface area contributed by atoms with Crippen LogP contribution in [0.3, 0.4) is 0 Å². The van der Waals surface area contributed by atoms with E-state index in [1.54, 1.807) is 0 Å². The Kier molecular flexibility index (Phi) is 4.37. The van der Waals surface area contributed by atoms with Crippen LogP contribution in [0.4, 0.5) is 0 Å². The van der Waals surface area contributed by atoms with Crippen molar-refractivity contribution in [2.45, 2.75) is 42.4 Å². The number of hydrogen-bond donors (Lipinski definition) is 1. The first-order valence-electron chi connectivity index (χ1n) is 7.70. The van der Waals surface area contributed by atoms with Gasteiger partial charge in [-0.05, 0) is 48.2 Å². The highest BCUT2D eigenvalue weighted by molar-refractivity contribution is 8.00. The van der Waals surface area contributed by atoms with E-state index in [1.807, 2.05) is 11.8 Å². The maximum atomic E-state index is 3.50. The van der Waals surface area contributed by atoms with Crippen molar-refractivity contribution in [1.82, 2.24) is 5.32 Å². The van der Waals surface area contributed by atoms with Crippen LogP contribution in [0.25, 0.3) is 0 Å². The van der Waals surface area contributed by atoms with Crippen molar-refractivity contribution in [3.05, 3.63) is 65.2 Å². The Bertz CT molecular complexity index is 603. The van der Waals surface area contributed by atoms with E-state index in [2.05, 4.69) is 74.7 Å². The lowest BCUT2D eigenvalue weighted by Crippen LogP contribution is -2.23. The monoisotopic (exact) mass is 297 g/mol. The van der Waals surface area contributed by atoms with Crippen LogP contribution in [0.5, 0.6) is 0 Å². The standard InChI is InChI=1S/C19H23NS/c1-13(2)14-8-10-16(11-9-14)21-18-12-15-6-4-5-7-17(15)19(18)20-3/h4-11,13,18-20H,12H2,1-3H3. The Morgan fingerprint density at radius 3 is 2.43 bits per heavy atom. The van der Waals surface area contributed by atoms with E-state index >= 15 is 0 Å². The van der Waals surface area contributed by atoms with Crippen molar-refractivity contribution >= 4 is 11.8 Å². The van der Waals surface area contributed by atoms with Crippen molar-refractivity contribution in [2.75, 3.05) is 7.05 Å². The summed E-state index contributed by atoms with van der Waals surface area (Å²) in [6.07, 6.45) is 1.15. The largest absolute Gasteiger partial charge is 0.312 e. The number of fused-ring (bicyclic) bond motifs is 1. The number of nitrogens with one attached hydrogen (secondary N) is 1. The van der Waals surface area contributed by atoms with Crippen molar-refractivity contribution in [3.63, 3.8) is 0 Å². The van der Waals surface area contributed by atoms with Gasteiger partial charge in [0.05, 0.1) is 0 Å². The molecule has 2 atom stereocenters. The Morgan fingerprint density at radius 1 is 1.05 bits per heavy atom. The molecular weight excluding hydrogens is 274 g/mol. The Hall–Kier alpha value is -1.25. The average molecular weight is 297 g/mol. The van der Waals surface area contributed by atoms with E-state index < -0.39 is 0 Å². The molecule has 0 radical (unpaired) electrons. The molecule has 3 rings (SSSR count). The van der Waals surface area contributed by atoms with Crippen molar-refractivity contribution in [3.8, 4) is 0 Å². The summed E-state index contributed by atoms with van der Waals surface area (Å²) in [5, 5.41) is 4.08. The van der Waals surface area contributed by atoms with Crippen molar-refractivity contribution in [2.24, 2.45) is 0 Å². The summed E-state index contributed by atoms with van der Waals surface area (Å²) in [7, 11) is 2.07. The lowest BCUT2D eigenvalue weighted by molar-refractivity contribution is 0.603. The highest BCUT2D eigenvalue weighted by Gasteiger charge is 2.31. The summed E-state index contributed by atoms with van der Waals surface area (Å²) in [5.41, 5.74) is 4.38. The molecule has 2 heteroatoms. The Labute approximate surface area is 132 Å². The summed E-state index contributed by atoms with van der Waals surface area (Å²) in [6, 6.07) is 18.4. The van der Waals surface area contributed by atoms with Gasteiger partial charge in [-0.2, -0.15) is 0 Å². The zero-order valence-electron chi connectivity index (χ0n) is 13.0. The fourth-order valence-corrected chi connectivity index (χ4v) is 4.44. The van der Waals surface area contributed by atoms with Crippen LogP contribution in [0, 0.1) is 0 Å². The minimum absolute atomic E-state index is 0.455. The lowest BCUT2D eigenvalue weighted by Gasteiger charge is -2.19. The average Bonchev–Trinajstić information content (AvgIpc) is 2.84. The first kappa shape index (κ1) is 14.7. The molecule has 110 valence electrons. The van der Waals surface area contributed by atoms with Crippen LogP contribution in [0.2, 0.25) is 0 Å². The van der Waals surface area contributed by atoms with Gasteiger partial charge < -0.3 is 5.32 Å². The topological polar surface area (TPSA) is 12.0 Å². The van der Waals surface area contributed by atoms with Crippen LogP contribution < -0.4 is 5.32 Å². The van der Waals surface area contributed by atoms with Gasteiger partial charge in [0.2, 0.25) is 0 Å². The first-order valence-corrected chi connectivity index (χ1v) is 8.58. The third kappa shape index (κ3) is 3.02. The van der Waals surface area contributed by atoms with E-state index in [0.717, 1.165) is 6.42 Å². The summed E-state index contributed by atoms with van der Waals surface area (Å²) >= 11 is 2.00. The van der Waals surface area contributed by atoms with E-state index in [9.17, 15) is 0 Å². The van der Waals surface area contributed by atoms with Gasteiger partial charge in [0.25, 0.3) is 0 Å². The van der Waals surface area contributed by atoms with E-state index in [1.165, 1.54) is 21.6 Å². The zero-order valence-corrected chi connectivity index (χ0v) is 13.8. The van der Waals surface area contributed by atoms with Crippen molar-refractivity contribution in [1.29, 1.82) is 0 Å². The van der Waals surface area contributed by atoms with Crippen molar-refractivity contribution < 1.29 is 0 Å². The number of thioether (sulfide) groups is 1. The van der Waals surface area contributed by atoms with Gasteiger partial charge >= 0.3 is 0 Å². The molecule has 1 aliphatic rings. The zero-order chi connectivity index (χ0) is 14.8. The molecule has 21 heavy (non-hydrogen) atoms. The van der Waals surface area contributed by atoms with E-state index in [-0.39, 0.29) is 0 Å². The normalized spacial score (nSPS) is 20.8. The quantitative estimate of drug-likeness (QED) is 0.871. The molecule has 0 saturated heterocycles. The van der Waals surface area contributed by atoms with Crippen LogP contribution in [0.15, 0.2) is 53.4 Å². The molecule has 0 aromatic heterocycles. The number of hydrogen-bond acceptors (Lipinski definition) is 2. The Balaban J connectivity index is 1.76. The second-order valence-electron chi connectivity index (χ2n) is 6.05. The van der Waals surface area contributed by atoms with Crippen LogP contribution >= 0.6 is 11.8 Å². The van der Waals surface area contributed by atoms with E-state index in [0.29, 0.717) is 17.2 Å². The van der Waals surface area contributed by atoms with E-state index in [4.69, 9.17) is 0 Å². The number of rotatable bonds is 4. The third-order valence-corrected chi connectivity index (χ3v) is 5.61. The highest BCUT2D eigenvalue weighted by Crippen LogP contribution is 2.41. The molecule has 1 nitrogen and oxygen atoms in total. The lowest BCUT2D eigenvalue weighted by atomic mass is 10.0. The molecule has 0 aliphatic heterocycles. The minimum Gasteiger partial charge on any atom is -0.312 e. The molecule has 2 aromatic carbocycles. The van der Waals surface area contributed by atoms with Gasteiger partial charge in [0.1, 0.15) is 0 Å². The van der Waals surface area contributed by atoms with Gasteiger partial charge in [0.15, 0.2) is 0 Å². The van der Waals surface area contributed by atoms with Gasteiger partial charge in [-0.1, -0.05) is 50.2 Å². The van der Waals surface area contributed by atoms with Crippen LogP contribution in [-0.4, -0.2) is 12.3 Å². The molecule has 0 bridgehead atoms. The minimum atomic E-state index is 0.455. The molecule has 1 N–H and O–H groups in total. The summed E-state index contributed by atoms with van der Waals surface area (Å²) in [4.78, 5) is 1.37. The van der Waals surface area contributed by atoms with Gasteiger partial charge in [-0.3, -0.25) is 0 Å². The molecule has 0 amide bonds. The van der Waals surface area contributed by atoms with Crippen LogP contribution in [0.1, 0.15) is 42.5 Å². The third-order valence-electron chi connectivity index (χ3n) is 4.33. The fourth-order valence-electron chi connectivity index (χ4n) is 3.12. The molecule has 0 saturated carbocycles. The molecule has 0 spiro atoms.